The normalized spacial score (nSPS) is 11.6. The van der Waals surface area contributed by atoms with Gasteiger partial charge in [-0.2, -0.15) is 0 Å². The second-order valence-electron chi connectivity index (χ2n) is 6.72. The Morgan fingerprint density at radius 2 is 1.88 bits per heavy atom. The summed E-state index contributed by atoms with van der Waals surface area (Å²) in [6.45, 7) is 6.04. The highest BCUT2D eigenvalue weighted by Crippen LogP contribution is 2.32. The van der Waals surface area contributed by atoms with Crippen molar-refractivity contribution in [2.45, 2.75) is 39.1 Å². The number of carbonyl (C=O) groups is 1. The molecule has 0 bridgehead atoms. The van der Waals surface area contributed by atoms with Crippen LogP contribution in [-0.4, -0.2) is 23.6 Å². The van der Waals surface area contributed by atoms with Gasteiger partial charge in [0.2, 0.25) is 0 Å². The molecule has 0 aliphatic carbocycles. The number of hydrogen-bond donors (Lipinski definition) is 2. The van der Waals surface area contributed by atoms with Crippen molar-refractivity contribution < 1.29 is 9.53 Å². The van der Waals surface area contributed by atoms with E-state index in [4.69, 9.17) is 16.2 Å². The van der Waals surface area contributed by atoms with E-state index < -0.39 is 11.8 Å². The quantitative estimate of drug-likeness (QED) is 0.826. The van der Waals surface area contributed by atoms with Crippen molar-refractivity contribution in [1.82, 2.24) is 4.90 Å². The van der Waals surface area contributed by atoms with Gasteiger partial charge in [0.25, 0.3) is 0 Å². The fraction of sp³-hybridized carbons (Fsp3) is 0.389. The summed E-state index contributed by atoms with van der Waals surface area (Å²) in [4.78, 5) is 15.8. The van der Waals surface area contributed by atoms with Crippen molar-refractivity contribution in [3.8, 4) is 10.4 Å². The third kappa shape index (κ3) is 4.80. The van der Waals surface area contributed by atoms with Gasteiger partial charge in [-0.05, 0) is 44.0 Å². The molecule has 24 heavy (non-hydrogen) atoms. The van der Waals surface area contributed by atoms with Gasteiger partial charge in [0.1, 0.15) is 5.60 Å². The van der Waals surface area contributed by atoms with Crippen molar-refractivity contribution in [1.29, 1.82) is 0 Å². The number of rotatable bonds is 4. The van der Waals surface area contributed by atoms with Crippen molar-refractivity contribution >= 4 is 17.4 Å². The van der Waals surface area contributed by atoms with Gasteiger partial charge in [-0.1, -0.05) is 24.3 Å². The number of nitrogens with two attached hydrogens (primary N) is 2. The van der Waals surface area contributed by atoms with Crippen molar-refractivity contribution in [3.63, 3.8) is 0 Å². The van der Waals surface area contributed by atoms with Crippen LogP contribution in [0.1, 0.15) is 37.4 Å². The van der Waals surface area contributed by atoms with Gasteiger partial charge in [-0.25, -0.2) is 4.79 Å². The average Bonchev–Trinajstić information content (AvgIpc) is 2.96. The first kappa shape index (κ1) is 18.4. The number of ether oxygens (including phenoxy) is 1. The topological polar surface area (TPSA) is 81.6 Å². The smallest absolute Gasteiger partial charge is 0.410 e. The fourth-order valence-electron chi connectivity index (χ4n) is 2.24. The Labute approximate surface area is 147 Å². The first-order chi connectivity index (χ1) is 11.2. The number of nitrogens with zero attached hydrogens (tertiary/aromatic N) is 1. The molecule has 2 rings (SSSR count). The van der Waals surface area contributed by atoms with E-state index in [0.29, 0.717) is 6.54 Å². The minimum atomic E-state index is -0.509. The van der Waals surface area contributed by atoms with Gasteiger partial charge in [0.05, 0.1) is 6.17 Å². The second kappa shape index (κ2) is 7.34. The number of amides is 1. The molecule has 0 saturated carbocycles. The average molecular weight is 347 g/mol. The molecule has 6 heteroatoms. The SMILES string of the molecule is CN(Cc1ccccc1-c1ccc(C(N)N)s1)C(=O)OC(C)(C)C. The van der Waals surface area contributed by atoms with Crippen molar-refractivity contribution in [3.05, 3.63) is 46.8 Å². The van der Waals surface area contributed by atoms with Crippen molar-refractivity contribution in [2.75, 3.05) is 7.05 Å². The Bertz CT molecular complexity index is 704. The molecule has 0 radical (unpaired) electrons. The number of carbonyl (C=O) groups excluding carboxylic acids is 1. The van der Waals surface area contributed by atoms with Crippen LogP contribution in [0.5, 0.6) is 0 Å². The highest BCUT2D eigenvalue weighted by molar-refractivity contribution is 7.15. The predicted octanol–water partition coefficient (Wildman–Crippen LogP) is 3.70. The Balaban J connectivity index is 2.21. The fourth-order valence-corrected chi connectivity index (χ4v) is 3.21. The van der Waals surface area contributed by atoms with Gasteiger partial charge in [-0.3, -0.25) is 0 Å². The minimum absolute atomic E-state index is 0.340. The maximum Gasteiger partial charge on any atom is 0.410 e. The van der Waals surface area contributed by atoms with Crippen LogP contribution in [-0.2, 0) is 11.3 Å². The molecule has 0 aliphatic heterocycles. The summed E-state index contributed by atoms with van der Waals surface area (Å²) in [5.41, 5.74) is 13.1. The predicted molar refractivity (Wildman–Crippen MR) is 98.6 cm³/mol. The van der Waals surface area contributed by atoms with Gasteiger partial charge >= 0.3 is 6.09 Å². The first-order valence-corrected chi connectivity index (χ1v) is 8.62. The molecule has 0 saturated heterocycles. The molecule has 1 amide bonds. The summed E-state index contributed by atoms with van der Waals surface area (Å²) in [5.74, 6) is 0. The lowest BCUT2D eigenvalue weighted by molar-refractivity contribution is 0.0285. The summed E-state index contributed by atoms with van der Waals surface area (Å²) in [6.07, 6.45) is -0.812. The lowest BCUT2D eigenvalue weighted by Gasteiger charge is -2.25. The zero-order chi connectivity index (χ0) is 17.9. The van der Waals surface area contributed by atoms with E-state index in [1.54, 1.807) is 23.3 Å². The molecule has 0 unspecified atom stereocenters. The molecule has 0 fully saturated rings. The number of benzene rings is 1. The Kier molecular flexibility index (Phi) is 5.64. The molecule has 130 valence electrons. The molecule has 1 aromatic carbocycles. The molecule has 2 aromatic rings. The standard InChI is InChI=1S/C18H25N3O2S/c1-18(2,3)23-17(22)21(4)11-12-7-5-6-8-13(12)14-9-10-15(24-14)16(19)20/h5-10,16H,11,19-20H2,1-4H3. The van der Waals surface area contributed by atoms with Crippen LogP contribution in [0.15, 0.2) is 36.4 Å². The summed E-state index contributed by atoms with van der Waals surface area (Å²) >= 11 is 1.57. The van der Waals surface area contributed by atoms with Crippen LogP contribution in [0.4, 0.5) is 4.79 Å². The zero-order valence-electron chi connectivity index (χ0n) is 14.6. The second-order valence-corrected chi connectivity index (χ2v) is 7.84. The summed E-state index contributed by atoms with van der Waals surface area (Å²) in [6, 6.07) is 11.9. The van der Waals surface area contributed by atoms with E-state index in [1.165, 1.54) is 0 Å². The molecule has 0 atom stereocenters. The monoisotopic (exact) mass is 347 g/mol. The lowest BCUT2D eigenvalue weighted by Crippen LogP contribution is -2.33. The van der Waals surface area contributed by atoms with Gasteiger partial charge < -0.3 is 21.1 Å². The van der Waals surface area contributed by atoms with Crippen LogP contribution < -0.4 is 11.5 Å². The Morgan fingerprint density at radius 1 is 1.21 bits per heavy atom. The van der Waals surface area contributed by atoms with E-state index in [-0.39, 0.29) is 6.09 Å². The molecule has 0 spiro atoms. The zero-order valence-corrected chi connectivity index (χ0v) is 15.4. The third-order valence-corrected chi connectivity index (χ3v) is 4.57. The molecule has 0 aliphatic rings. The Morgan fingerprint density at radius 3 is 2.46 bits per heavy atom. The van der Waals surface area contributed by atoms with Gasteiger partial charge in [0, 0.05) is 23.3 Å². The van der Waals surface area contributed by atoms with E-state index in [2.05, 4.69) is 0 Å². The molecule has 4 N–H and O–H groups in total. The third-order valence-electron chi connectivity index (χ3n) is 3.35. The number of thiophene rings is 1. The summed E-state index contributed by atoms with van der Waals surface area (Å²) in [7, 11) is 1.74. The van der Waals surface area contributed by atoms with Crippen LogP contribution in [0.2, 0.25) is 0 Å². The van der Waals surface area contributed by atoms with Crippen LogP contribution in [0, 0.1) is 0 Å². The van der Waals surface area contributed by atoms with E-state index in [1.807, 2.05) is 57.2 Å². The lowest BCUT2D eigenvalue weighted by atomic mass is 10.1. The molecular weight excluding hydrogens is 322 g/mol. The van der Waals surface area contributed by atoms with E-state index >= 15 is 0 Å². The molecule has 5 nitrogen and oxygen atoms in total. The minimum Gasteiger partial charge on any atom is -0.444 e. The highest BCUT2D eigenvalue weighted by Gasteiger charge is 2.20. The van der Waals surface area contributed by atoms with Gasteiger partial charge in [-0.15, -0.1) is 11.3 Å². The van der Waals surface area contributed by atoms with Crippen LogP contribution in [0.25, 0.3) is 10.4 Å². The maximum atomic E-state index is 12.2. The summed E-state index contributed by atoms with van der Waals surface area (Å²) < 4.78 is 5.41. The molecule has 1 heterocycles. The van der Waals surface area contributed by atoms with E-state index in [0.717, 1.165) is 20.9 Å². The van der Waals surface area contributed by atoms with Gasteiger partial charge in [0.15, 0.2) is 0 Å². The number of hydrogen-bond acceptors (Lipinski definition) is 5. The van der Waals surface area contributed by atoms with E-state index in [9.17, 15) is 4.79 Å². The van der Waals surface area contributed by atoms with Crippen molar-refractivity contribution in [2.24, 2.45) is 11.5 Å². The Hall–Kier alpha value is -1.89. The van der Waals surface area contributed by atoms with Crippen LogP contribution >= 0.6 is 11.3 Å². The van der Waals surface area contributed by atoms with Crippen LogP contribution in [0.3, 0.4) is 0 Å². The molecular formula is C18H25N3O2S. The highest BCUT2D eigenvalue weighted by atomic mass is 32.1. The maximum absolute atomic E-state index is 12.2. The first-order valence-electron chi connectivity index (χ1n) is 7.80. The molecule has 1 aromatic heterocycles. The largest absolute Gasteiger partial charge is 0.444 e. The summed E-state index contributed by atoms with van der Waals surface area (Å²) in [5, 5.41) is 0.